The van der Waals surface area contributed by atoms with E-state index >= 15 is 0 Å². The summed E-state index contributed by atoms with van der Waals surface area (Å²) in [6.45, 7) is 0. The first-order valence-electron chi connectivity index (χ1n) is 8.20. The van der Waals surface area contributed by atoms with Crippen molar-refractivity contribution in [3.63, 3.8) is 0 Å². The highest BCUT2D eigenvalue weighted by atomic mass is 19.1. The molecular weight excluding hydrogens is 319 g/mol. The third kappa shape index (κ3) is 2.80. The Morgan fingerprint density at radius 3 is 2.36 bits per heavy atom. The number of rotatable bonds is 4. The lowest BCUT2D eigenvalue weighted by molar-refractivity contribution is -0.124. The molecule has 1 fully saturated rings. The van der Waals surface area contributed by atoms with Crippen molar-refractivity contribution in [2.45, 2.75) is 24.7 Å². The average Bonchev–Trinajstić information content (AvgIpc) is 3.11. The van der Waals surface area contributed by atoms with Crippen molar-refractivity contribution in [2.75, 3.05) is 5.32 Å². The van der Waals surface area contributed by atoms with Crippen molar-refractivity contribution < 1.29 is 9.18 Å². The Morgan fingerprint density at radius 2 is 1.80 bits per heavy atom. The molecule has 25 heavy (non-hydrogen) atoms. The second-order valence-corrected chi connectivity index (χ2v) is 6.28. The first-order chi connectivity index (χ1) is 12.2. The van der Waals surface area contributed by atoms with E-state index in [9.17, 15) is 9.18 Å². The standard InChI is InChI=1S/C19H17FN4O/c20-15-4-2-14(3-5-15)19(10-1-11-19)18(25)23-16-6-8-17(9-7-16)24-13-21-12-22-24/h2-9,12-13H,1,10-11H2,(H,23,25). The highest BCUT2D eigenvalue weighted by Gasteiger charge is 2.45. The van der Waals surface area contributed by atoms with Gasteiger partial charge in [0.05, 0.1) is 11.1 Å². The molecule has 4 rings (SSSR count). The molecule has 1 heterocycles. The number of nitrogens with zero attached hydrogens (tertiary/aromatic N) is 3. The van der Waals surface area contributed by atoms with E-state index in [1.165, 1.54) is 18.5 Å². The van der Waals surface area contributed by atoms with E-state index in [-0.39, 0.29) is 11.7 Å². The van der Waals surface area contributed by atoms with Crippen molar-refractivity contribution in [3.8, 4) is 5.69 Å². The van der Waals surface area contributed by atoms with Crippen LogP contribution in [0.25, 0.3) is 5.69 Å². The molecule has 5 nitrogen and oxygen atoms in total. The minimum absolute atomic E-state index is 0.0427. The van der Waals surface area contributed by atoms with Crippen molar-refractivity contribution >= 4 is 11.6 Å². The summed E-state index contributed by atoms with van der Waals surface area (Å²) < 4.78 is 14.8. The Morgan fingerprint density at radius 1 is 1.08 bits per heavy atom. The number of carbonyl (C=O) groups excluding carboxylic acids is 1. The number of hydrogen-bond acceptors (Lipinski definition) is 3. The summed E-state index contributed by atoms with van der Waals surface area (Å²) in [5.74, 6) is -0.332. The van der Waals surface area contributed by atoms with Crippen LogP contribution in [0.2, 0.25) is 0 Å². The lowest BCUT2D eigenvalue weighted by Crippen LogP contribution is -2.46. The van der Waals surface area contributed by atoms with Gasteiger partial charge in [-0.2, -0.15) is 5.10 Å². The fourth-order valence-electron chi connectivity index (χ4n) is 3.24. The number of carbonyl (C=O) groups is 1. The van der Waals surface area contributed by atoms with Crippen molar-refractivity contribution in [3.05, 3.63) is 72.6 Å². The normalized spacial score (nSPS) is 15.4. The molecule has 1 saturated carbocycles. The van der Waals surface area contributed by atoms with E-state index < -0.39 is 5.41 Å². The van der Waals surface area contributed by atoms with Crippen LogP contribution in [0.3, 0.4) is 0 Å². The third-order valence-corrected chi connectivity index (χ3v) is 4.85. The van der Waals surface area contributed by atoms with E-state index in [2.05, 4.69) is 15.4 Å². The number of benzene rings is 2. The molecule has 0 atom stereocenters. The van der Waals surface area contributed by atoms with Crippen molar-refractivity contribution in [1.29, 1.82) is 0 Å². The minimum Gasteiger partial charge on any atom is -0.325 e. The molecule has 0 spiro atoms. The van der Waals surface area contributed by atoms with Crippen molar-refractivity contribution in [1.82, 2.24) is 14.8 Å². The van der Waals surface area contributed by atoms with E-state index in [1.807, 2.05) is 24.3 Å². The lowest BCUT2D eigenvalue weighted by atomic mass is 9.64. The van der Waals surface area contributed by atoms with Gasteiger partial charge >= 0.3 is 0 Å². The summed E-state index contributed by atoms with van der Waals surface area (Å²) in [5, 5.41) is 7.07. The largest absolute Gasteiger partial charge is 0.325 e. The van der Waals surface area contributed by atoms with Gasteiger partial charge in [-0.15, -0.1) is 0 Å². The molecular formula is C19H17FN4O. The molecule has 3 aromatic rings. The van der Waals surface area contributed by atoms with Gasteiger partial charge in [0.2, 0.25) is 5.91 Å². The van der Waals surface area contributed by atoms with Gasteiger partial charge in [-0.1, -0.05) is 18.6 Å². The van der Waals surface area contributed by atoms with E-state index in [0.29, 0.717) is 0 Å². The number of aromatic nitrogens is 3. The Kier molecular flexibility index (Phi) is 3.80. The number of nitrogens with one attached hydrogen (secondary N) is 1. The maximum atomic E-state index is 13.2. The molecule has 0 saturated heterocycles. The zero-order valence-electron chi connectivity index (χ0n) is 13.5. The summed E-state index contributed by atoms with van der Waals surface area (Å²) in [6.07, 6.45) is 5.64. The molecule has 0 unspecified atom stereocenters. The van der Waals surface area contributed by atoms with Crippen LogP contribution in [-0.2, 0) is 10.2 Å². The van der Waals surface area contributed by atoms with Gasteiger partial charge in [-0.05, 0) is 54.8 Å². The molecule has 0 radical (unpaired) electrons. The molecule has 1 N–H and O–H groups in total. The Labute approximate surface area is 144 Å². The van der Waals surface area contributed by atoms with Crippen LogP contribution >= 0.6 is 0 Å². The van der Waals surface area contributed by atoms with Crippen LogP contribution < -0.4 is 5.32 Å². The van der Waals surface area contributed by atoms with Crippen molar-refractivity contribution in [2.24, 2.45) is 0 Å². The smallest absolute Gasteiger partial charge is 0.235 e. The molecule has 0 bridgehead atoms. The summed E-state index contributed by atoms with van der Waals surface area (Å²) in [7, 11) is 0. The van der Waals surface area contributed by atoms with Gasteiger partial charge in [0.1, 0.15) is 18.5 Å². The Bertz CT molecular complexity index is 869. The predicted molar refractivity (Wildman–Crippen MR) is 91.9 cm³/mol. The monoisotopic (exact) mass is 336 g/mol. The van der Waals surface area contributed by atoms with Crippen LogP contribution in [0.5, 0.6) is 0 Å². The molecule has 1 aliphatic carbocycles. The lowest BCUT2D eigenvalue weighted by Gasteiger charge is -2.40. The predicted octanol–water partition coefficient (Wildman–Crippen LogP) is 3.47. The van der Waals surface area contributed by atoms with Crippen LogP contribution in [0, 0.1) is 5.82 Å². The first kappa shape index (κ1) is 15.5. The molecule has 126 valence electrons. The number of hydrogen-bond donors (Lipinski definition) is 1. The van der Waals surface area contributed by atoms with E-state index in [1.54, 1.807) is 23.1 Å². The Balaban J connectivity index is 1.53. The molecule has 1 aromatic heterocycles. The van der Waals surface area contributed by atoms with Gasteiger partial charge in [-0.25, -0.2) is 14.1 Å². The molecule has 1 aliphatic rings. The summed E-state index contributed by atoms with van der Waals surface area (Å²) in [5.41, 5.74) is 1.91. The summed E-state index contributed by atoms with van der Waals surface area (Å²) in [6, 6.07) is 13.7. The zero-order valence-corrected chi connectivity index (χ0v) is 13.5. The molecule has 2 aromatic carbocycles. The molecule has 0 aliphatic heterocycles. The SMILES string of the molecule is O=C(Nc1ccc(-n2cncn2)cc1)C1(c2ccc(F)cc2)CCC1. The fourth-order valence-corrected chi connectivity index (χ4v) is 3.24. The zero-order chi connectivity index (χ0) is 17.3. The highest BCUT2D eigenvalue weighted by molar-refractivity contribution is 6.00. The maximum absolute atomic E-state index is 13.2. The maximum Gasteiger partial charge on any atom is 0.235 e. The second-order valence-electron chi connectivity index (χ2n) is 6.28. The first-order valence-corrected chi connectivity index (χ1v) is 8.20. The van der Waals surface area contributed by atoms with Crippen LogP contribution in [0.1, 0.15) is 24.8 Å². The van der Waals surface area contributed by atoms with Crippen LogP contribution in [0.4, 0.5) is 10.1 Å². The third-order valence-electron chi connectivity index (χ3n) is 4.85. The van der Waals surface area contributed by atoms with Gasteiger partial charge in [0, 0.05) is 5.69 Å². The van der Waals surface area contributed by atoms with Crippen LogP contribution in [0.15, 0.2) is 61.2 Å². The van der Waals surface area contributed by atoms with E-state index in [0.717, 1.165) is 36.2 Å². The molecule has 6 heteroatoms. The average molecular weight is 336 g/mol. The summed E-state index contributed by atoms with van der Waals surface area (Å²) in [4.78, 5) is 16.8. The summed E-state index contributed by atoms with van der Waals surface area (Å²) >= 11 is 0. The fraction of sp³-hybridized carbons (Fsp3) is 0.211. The quantitative estimate of drug-likeness (QED) is 0.794. The van der Waals surface area contributed by atoms with Gasteiger partial charge in [0.25, 0.3) is 0 Å². The number of amides is 1. The molecule has 1 amide bonds. The second kappa shape index (κ2) is 6.12. The minimum atomic E-state index is -0.557. The van der Waals surface area contributed by atoms with Gasteiger partial charge < -0.3 is 5.32 Å². The highest BCUT2D eigenvalue weighted by Crippen LogP contribution is 2.44. The topological polar surface area (TPSA) is 59.8 Å². The van der Waals surface area contributed by atoms with E-state index in [4.69, 9.17) is 0 Å². The Hall–Kier alpha value is -3.02. The van der Waals surface area contributed by atoms with Crippen LogP contribution in [-0.4, -0.2) is 20.7 Å². The van der Waals surface area contributed by atoms with Gasteiger partial charge in [0.15, 0.2) is 0 Å². The number of halogens is 1. The number of anilines is 1. The van der Waals surface area contributed by atoms with Gasteiger partial charge in [-0.3, -0.25) is 4.79 Å².